The number of nitrogens with one attached hydrogen (secondary N) is 1. The predicted molar refractivity (Wildman–Crippen MR) is 69.5 cm³/mol. The number of benzene rings is 1. The normalized spacial score (nSPS) is 10.2. The third-order valence-corrected chi connectivity index (χ3v) is 2.62. The summed E-state index contributed by atoms with van der Waals surface area (Å²) in [6.07, 6.45) is 0. The van der Waals surface area contributed by atoms with Crippen molar-refractivity contribution in [2.24, 2.45) is 0 Å². The molecule has 0 aromatic heterocycles. The Morgan fingerprint density at radius 1 is 1.29 bits per heavy atom. The number of anilines is 1. The number of rotatable bonds is 7. The third kappa shape index (κ3) is 4.03. The Kier molecular flexibility index (Phi) is 5.42. The summed E-state index contributed by atoms with van der Waals surface area (Å²) >= 11 is 0. The van der Waals surface area contributed by atoms with Crippen molar-refractivity contribution < 1.29 is 4.92 Å². The summed E-state index contributed by atoms with van der Waals surface area (Å²) in [5.41, 5.74) is 1.16. The lowest BCUT2D eigenvalue weighted by Gasteiger charge is -2.23. The van der Waals surface area contributed by atoms with Gasteiger partial charge in [-0.05, 0) is 25.6 Å². The molecule has 0 amide bonds. The van der Waals surface area contributed by atoms with E-state index in [2.05, 4.69) is 24.1 Å². The number of likely N-dealkylation sites (N-methyl/N-ethyl adjacent to an activating group) is 2. The zero-order chi connectivity index (χ0) is 12.7. The van der Waals surface area contributed by atoms with E-state index in [4.69, 9.17) is 0 Å². The zero-order valence-corrected chi connectivity index (χ0v) is 10.3. The van der Waals surface area contributed by atoms with E-state index in [-0.39, 0.29) is 10.6 Å². The molecule has 0 aliphatic heterocycles. The van der Waals surface area contributed by atoms with Gasteiger partial charge in [-0.15, -0.1) is 0 Å². The molecule has 5 nitrogen and oxygen atoms in total. The molecule has 0 aliphatic carbocycles. The second-order valence-electron chi connectivity index (χ2n) is 3.71. The summed E-state index contributed by atoms with van der Waals surface area (Å²) in [5.74, 6) is 0. The fourth-order valence-electron chi connectivity index (χ4n) is 1.65. The van der Waals surface area contributed by atoms with Gasteiger partial charge in [-0.2, -0.15) is 0 Å². The largest absolute Gasteiger partial charge is 0.371 e. The summed E-state index contributed by atoms with van der Waals surface area (Å²) in [7, 11) is 0. The third-order valence-electron chi connectivity index (χ3n) is 2.62. The van der Waals surface area contributed by atoms with Gasteiger partial charge in [0.2, 0.25) is 0 Å². The van der Waals surface area contributed by atoms with Crippen LogP contribution in [0.5, 0.6) is 0 Å². The number of nitro benzene ring substituents is 1. The van der Waals surface area contributed by atoms with Crippen LogP contribution in [0.1, 0.15) is 13.8 Å². The molecule has 1 rings (SSSR count). The van der Waals surface area contributed by atoms with Gasteiger partial charge >= 0.3 is 0 Å². The van der Waals surface area contributed by atoms with Gasteiger partial charge < -0.3 is 10.2 Å². The average Bonchev–Trinajstić information content (AvgIpc) is 2.35. The van der Waals surface area contributed by atoms with Crippen LogP contribution in [0.4, 0.5) is 11.4 Å². The van der Waals surface area contributed by atoms with Crippen LogP contribution >= 0.6 is 0 Å². The Hall–Kier alpha value is -1.62. The highest BCUT2D eigenvalue weighted by Crippen LogP contribution is 2.18. The molecule has 0 saturated carbocycles. The molecule has 1 aromatic carbocycles. The minimum Gasteiger partial charge on any atom is -0.371 e. The first-order chi connectivity index (χ1) is 8.19. The summed E-state index contributed by atoms with van der Waals surface area (Å²) < 4.78 is 0. The smallest absolute Gasteiger partial charge is 0.269 e. The van der Waals surface area contributed by atoms with E-state index in [1.54, 1.807) is 24.3 Å². The maximum absolute atomic E-state index is 10.5. The van der Waals surface area contributed by atoms with Gasteiger partial charge in [0.1, 0.15) is 0 Å². The second-order valence-corrected chi connectivity index (χ2v) is 3.71. The highest BCUT2D eigenvalue weighted by molar-refractivity contribution is 5.50. The van der Waals surface area contributed by atoms with Crippen LogP contribution < -0.4 is 10.2 Å². The first-order valence-corrected chi connectivity index (χ1v) is 5.89. The lowest BCUT2D eigenvalue weighted by atomic mass is 10.2. The number of non-ortho nitro benzene ring substituents is 1. The minimum absolute atomic E-state index is 0.136. The monoisotopic (exact) mass is 237 g/mol. The highest BCUT2D eigenvalue weighted by atomic mass is 16.6. The molecule has 0 atom stereocenters. The van der Waals surface area contributed by atoms with Crippen molar-refractivity contribution in [2.75, 3.05) is 31.1 Å². The fourth-order valence-corrected chi connectivity index (χ4v) is 1.65. The van der Waals surface area contributed by atoms with E-state index in [0.717, 1.165) is 31.9 Å². The molecule has 1 N–H and O–H groups in total. The highest BCUT2D eigenvalue weighted by Gasteiger charge is 2.07. The molecule has 94 valence electrons. The summed E-state index contributed by atoms with van der Waals surface area (Å²) in [6, 6.07) is 6.69. The van der Waals surface area contributed by atoms with Crippen molar-refractivity contribution in [3.05, 3.63) is 34.4 Å². The van der Waals surface area contributed by atoms with Gasteiger partial charge in [-0.1, -0.05) is 6.92 Å². The van der Waals surface area contributed by atoms with Crippen LogP contribution in [0, 0.1) is 10.1 Å². The predicted octanol–water partition coefficient (Wildman–Crippen LogP) is 2.03. The second kappa shape index (κ2) is 6.85. The van der Waals surface area contributed by atoms with Crippen LogP contribution in [0.25, 0.3) is 0 Å². The van der Waals surface area contributed by atoms with E-state index in [9.17, 15) is 10.1 Å². The van der Waals surface area contributed by atoms with E-state index in [0.29, 0.717) is 0 Å². The molecule has 0 unspecified atom stereocenters. The zero-order valence-electron chi connectivity index (χ0n) is 10.3. The van der Waals surface area contributed by atoms with Crippen LogP contribution in [0.3, 0.4) is 0 Å². The summed E-state index contributed by atoms with van der Waals surface area (Å²) in [5, 5.41) is 13.8. The maximum Gasteiger partial charge on any atom is 0.269 e. The molecule has 0 spiro atoms. The van der Waals surface area contributed by atoms with Crippen LogP contribution in [0.2, 0.25) is 0 Å². The number of nitro groups is 1. The summed E-state index contributed by atoms with van der Waals surface area (Å²) in [4.78, 5) is 12.4. The molecule has 0 radical (unpaired) electrons. The van der Waals surface area contributed by atoms with Crippen molar-refractivity contribution in [1.82, 2.24) is 5.32 Å². The van der Waals surface area contributed by atoms with Gasteiger partial charge in [0.05, 0.1) is 4.92 Å². The van der Waals surface area contributed by atoms with E-state index in [1.165, 1.54) is 0 Å². The molecule has 5 heteroatoms. The van der Waals surface area contributed by atoms with Crippen LogP contribution in [-0.4, -0.2) is 31.1 Å². The number of hydrogen-bond acceptors (Lipinski definition) is 4. The number of hydrogen-bond donors (Lipinski definition) is 1. The van der Waals surface area contributed by atoms with Crippen molar-refractivity contribution in [1.29, 1.82) is 0 Å². The van der Waals surface area contributed by atoms with Crippen molar-refractivity contribution in [3.8, 4) is 0 Å². The Balaban J connectivity index is 2.65. The molecular weight excluding hydrogens is 218 g/mol. The van der Waals surface area contributed by atoms with Gasteiger partial charge in [-0.3, -0.25) is 10.1 Å². The molecule has 1 aromatic rings. The van der Waals surface area contributed by atoms with E-state index >= 15 is 0 Å². The lowest BCUT2D eigenvalue weighted by Crippen LogP contribution is -2.31. The molecule has 17 heavy (non-hydrogen) atoms. The Bertz CT molecular complexity index is 351. The molecule has 0 fully saturated rings. The fraction of sp³-hybridized carbons (Fsp3) is 0.500. The topological polar surface area (TPSA) is 58.4 Å². The summed E-state index contributed by atoms with van der Waals surface area (Å²) in [6.45, 7) is 7.82. The van der Waals surface area contributed by atoms with Gasteiger partial charge in [0.15, 0.2) is 0 Å². The Morgan fingerprint density at radius 3 is 2.41 bits per heavy atom. The molecule has 0 heterocycles. The van der Waals surface area contributed by atoms with Crippen LogP contribution in [0.15, 0.2) is 24.3 Å². The molecule has 0 bridgehead atoms. The lowest BCUT2D eigenvalue weighted by molar-refractivity contribution is -0.384. The Labute approximate surface area is 102 Å². The first kappa shape index (κ1) is 13.4. The van der Waals surface area contributed by atoms with Gasteiger partial charge in [-0.25, -0.2) is 0 Å². The average molecular weight is 237 g/mol. The first-order valence-electron chi connectivity index (χ1n) is 5.89. The van der Waals surface area contributed by atoms with Crippen molar-refractivity contribution in [3.63, 3.8) is 0 Å². The van der Waals surface area contributed by atoms with Gasteiger partial charge in [0.25, 0.3) is 5.69 Å². The van der Waals surface area contributed by atoms with E-state index in [1.807, 2.05) is 0 Å². The molecule has 0 saturated heterocycles. The quantitative estimate of drug-likeness (QED) is 0.448. The molecule has 0 aliphatic rings. The SMILES string of the molecule is CCNCCN(CC)c1ccc([N+](=O)[O-])cc1. The molecular formula is C12H19N3O2. The maximum atomic E-state index is 10.5. The van der Waals surface area contributed by atoms with Crippen molar-refractivity contribution in [2.45, 2.75) is 13.8 Å². The van der Waals surface area contributed by atoms with Crippen molar-refractivity contribution >= 4 is 11.4 Å². The van der Waals surface area contributed by atoms with Crippen LogP contribution in [-0.2, 0) is 0 Å². The standard InChI is InChI=1S/C12H19N3O2/c1-3-13-9-10-14(4-2)11-5-7-12(8-6-11)15(16)17/h5-8,13H,3-4,9-10H2,1-2H3. The van der Waals surface area contributed by atoms with E-state index < -0.39 is 0 Å². The minimum atomic E-state index is -0.376. The Morgan fingerprint density at radius 2 is 1.94 bits per heavy atom. The number of nitrogens with zero attached hydrogens (tertiary/aromatic N) is 2. The van der Waals surface area contributed by atoms with Gasteiger partial charge in [0, 0.05) is 37.5 Å².